The lowest BCUT2D eigenvalue weighted by Crippen LogP contribution is -2.28. The van der Waals surface area contributed by atoms with Gasteiger partial charge in [0.25, 0.3) is 10.0 Å². The number of aliphatic carboxylic acids is 1. The highest BCUT2D eigenvalue weighted by Crippen LogP contribution is 2.41. The standard InChI is InChI=1S/C24H20ClF2N5O3S2.C2HF3O2/c25-19-8-23(37(33,34)31-24-11-36-14-28-24)20(27)9-22(19)35-10-18-17(15-4-6-16(26)7-5-15)2-1-3-21(18)32-12-29-30-13-32;3-2(4,5)1(6)7/h2,4-9,11-14,18,21,31H,1,3,10H2;(H,6,7)/t18-,21-;/m1./s1. The molecular formula is C26H21ClF5N5O5S2. The number of carbonyl (C=O) groups is 1. The molecule has 0 unspecified atom stereocenters. The number of nitrogens with one attached hydrogen (secondary N) is 1. The number of rotatable bonds is 8. The van der Waals surface area contributed by atoms with E-state index in [1.165, 1.54) is 34.4 Å². The molecule has 0 fully saturated rings. The number of carboxylic acid groups (broad SMARTS) is 1. The summed E-state index contributed by atoms with van der Waals surface area (Å²) in [5.74, 6) is -4.27. The van der Waals surface area contributed by atoms with Gasteiger partial charge in [0.1, 0.15) is 34.9 Å². The van der Waals surface area contributed by atoms with Crippen molar-refractivity contribution in [3.8, 4) is 5.75 Å². The minimum Gasteiger partial charge on any atom is -0.491 e. The maximum Gasteiger partial charge on any atom is 0.490 e. The number of benzene rings is 2. The van der Waals surface area contributed by atoms with E-state index in [2.05, 4.69) is 26.0 Å². The molecule has 10 nitrogen and oxygen atoms in total. The molecule has 5 rings (SSSR count). The minimum absolute atomic E-state index is 0.00156. The van der Waals surface area contributed by atoms with Crippen molar-refractivity contribution < 1.29 is 45.0 Å². The number of halogens is 6. The van der Waals surface area contributed by atoms with Crippen LogP contribution in [-0.2, 0) is 14.8 Å². The van der Waals surface area contributed by atoms with Crippen molar-refractivity contribution in [1.82, 2.24) is 19.7 Å². The molecule has 0 spiro atoms. The van der Waals surface area contributed by atoms with Crippen LogP contribution in [0.1, 0.15) is 24.4 Å². The molecule has 2 aromatic heterocycles. The van der Waals surface area contributed by atoms with Gasteiger partial charge in [0.05, 0.1) is 17.1 Å². The molecule has 1 aliphatic rings. The van der Waals surface area contributed by atoms with Crippen LogP contribution < -0.4 is 9.46 Å². The number of allylic oxidation sites excluding steroid dienone is 1. The van der Waals surface area contributed by atoms with E-state index >= 15 is 0 Å². The second-order valence-electron chi connectivity index (χ2n) is 9.13. The molecule has 4 aromatic rings. The van der Waals surface area contributed by atoms with E-state index in [9.17, 15) is 30.4 Å². The molecule has 0 bridgehead atoms. The second-order valence-corrected chi connectivity index (χ2v) is 11.9. The van der Waals surface area contributed by atoms with Gasteiger partial charge >= 0.3 is 12.1 Å². The predicted octanol–water partition coefficient (Wildman–Crippen LogP) is 6.21. The fourth-order valence-corrected chi connectivity index (χ4v) is 6.27. The lowest BCUT2D eigenvalue weighted by atomic mass is 9.80. The SMILES string of the molecule is O=C(O)C(F)(F)F.O=S(=O)(Nc1cscn1)c1cc(Cl)c(OC[C@@H]2C(c3ccc(F)cc3)=CCC[C@H]2n2cnnc2)cc1F. The van der Waals surface area contributed by atoms with Gasteiger partial charge in [0.2, 0.25) is 0 Å². The van der Waals surface area contributed by atoms with E-state index in [1.54, 1.807) is 24.8 Å². The number of thiazole rings is 1. The smallest absolute Gasteiger partial charge is 0.490 e. The third-order valence-electron chi connectivity index (χ3n) is 6.30. The molecule has 0 radical (unpaired) electrons. The van der Waals surface area contributed by atoms with Crippen LogP contribution in [0, 0.1) is 17.6 Å². The normalized spacial score (nSPS) is 16.8. The molecule has 2 atom stereocenters. The number of alkyl halides is 3. The number of hydrogen-bond acceptors (Lipinski definition) is 8. The van der Waals surface area contributed by atoms with E-state index in [0.29, 0.717) is 0 Å². The van der Waals surface area contributed by atoms with Crippen molar-refractivity contribution in [2.75, 3.05) is 11.3 Å². The molecule has 44 heavy (non-hydrogen) atoms. The van der Waals surface area contributed by atoms with Gasteiger partial charge in [-0.3, -0.25) is 4.72 Å². The van der Waals surface area contributed by atoms with Crippen molar-refractivity contribution in [2.24, 2.45) is 5.92 Å². The fraction of sp³-hybridized carbons (Fsp3) is 0.231. The lowest BCUT2D eigenvalue weighted by molar-refractivity contribution is -0.192. The first-order valence-electron chi connectivity index (χ1n) is 12.4. The lowest BCUT2D eigenvalue weighted by Gasteiger charge is -2.33. The number of ether oxygens (including phenoxy) is 1. The average Bonchev–Trinajstić information content (AvgIpc) is 3.68. The Morgan fingerprint density at radius 3 is 2.41 bits per heavy atom. The highest BCUT2D eigenvalue weighted by molar-refractivity contribution is 7.92. The van der Waals surface area contributed by atoms with Crippen molar-refractivity contribution in [2.45, 2.75) is 30.0 Å². The summed E-state index contributed by atoms with van der Waals surface area (Å²) < 4.78 is 95.6. The molecular weight excluding hydrogens is 657 g/mol. The van der Waals surface area contributed by atoms with Crippen LogP contribution in [0.2, 0.25) is 5.02 Å². The number of sulfonamides is 1. The van der Waals surface area contributed by atoms with Gasteiger partial charge in [-0.05, 0) is 42.2 Å². The summed E-state index contributed by atoms with van der Waals surface area (Å²) in [6, 6.07) is 8.06. The molecule has 0 amide bonds. The summed E-state index contributed by atoms with van der Waals surface area (Å²) in [4.78, 5) is 12.1. The molecule has 0 saturated heterocycles. The topological polar surface area (TPSA) is 136 Å². The van der Waals surface area contributed by atoms with Crippen LogP contribution in [0.25, 0.3) is 5.57 Å². The number of hydrogen-bond donors (Lipinski definition) is 2. The molecule has 2 N–H and O–H groups in total. The van der Waals surface area contributed by atoms with Gasteiger partial charge in [0, 0.05) is 23.4 Å². The van der Waals surface area contributed by atoms with Crippen LogP contribution >= 0.6 is 22.9 Å². The molecule has 0 saturated carbocycles. The number of aromatic nitrogens is 4. The Morgan fingerprint density at radius 2 is 1.82 bits per heavy atom. The maximum atomic E-state index is 15.0. The summed E-state index contributed by atoms with van der Waals surface area (Å²) in [7, 11) is -4.25. The highest BCUT2D eigenvalue weighted by atomic mass is 35.5. The van der Waals surface area contributed by atoms with Gasteiger partial charge in [0.15, 0.2) is 5.82 Å². The summed E-state index contributed by atoms with van der Waals surface area (Å²) in [5, 5.41) is 16.4. The Labute approximate surface area is 255 Å². The monoisotopic (exact) mass is 677 g/mol. The van der Waals surface area contributed by atoms with Crippen LogP contribution in [-0.4, -0.2) is 52.0 Å². The maximum absolute atomic E-state index is 15.0. The Balaban J connectivity index is 0.000000566. The average molecular weight is 678 g/mol. The van der Waals surface area contributed by atoms with Crippen LogP contribution in [0.15, 0.2) is 70.9 Å². The summed E-state index contributed by atoms with van der Waals surface area (Å²) in [5.41, 5.74) is 3.22. The Hall–Kier alpha value is -4.09. The van der Waals surface area contributed by atoms with Crippen LogP contribution in [0.4, 0.5) is 27.8 Å². The van der Waals surface area contributed by atoms with Crippen molar-refractivity contribution >= 4 is 50.3 Å². The minimum atomic E-state index is -5.08. The van der Waals surface area contributed by atoms with Crippen molar-refractivity contribution in [1.29, 1.82) is 0 Å². The van der Waals surface area contributed by atoms with Gasteiger partial charge in [-0.25, -0.2) is 27.0 Å². The molecule has 234 valence electrons. The second kappa shape index (κ2) is 13.7. The van der Waals surface area contributed by atoms with E-state index in [1.807, 2.05) is 4.57 Å². The zero-order chi connectivity index (χ0) is 32.1. The third-order valence-corrected chi connectivity index (χ3v) is 8.55. The highest BCUT2D eigenvalue weighted by Gasteiger charge is 2.38. The Bertz CT molecular complexity index is 1720. The quantitative estimate of drug-likeness (QED) is 0.210. The van der Waals surface area contributed by atoms with E-state index in [-0.39, 0.29) is 41.0 Å². The fourth-order valence-electron chi connectivity index (χ4n) is 4.34. The van der Waals surface area contributed by atoms with E-state index in [4.69, 9.17) is 26.2 Å². The first kappa shape index (κ1) is 32.8. The Morgan fingerprint density at radius 1 is 1.16 bits per heavy atom. The predicted molar refractivity (Wildman–Crippen MR) is 150 cm³/mol. The zero-order valence-corrected chi connectivity index (χ0v) is 24.5. The molecule has 2 heterocycles. The van der Waals surface area contributed by atoms with Gasteiger partial charge in [-0.2, -0.15) is 13.2 Å². The Kier molecular flexibility index (Phi) is 10.2. The van der Waals surface area contributed by atoms with Gasteiger partial charge in [-0.1, -0.05) is 29.8 Å². The summed E-state index contributed by atoms with van der Waals surface area (Å²) >= 11 is 7.53. The summed E-state index contributed by atoms with van der Waals surface area (Å²) in [6.07, 6.45) is 1.78. The molecule has 1 aliphatic carbocycles. The first-order valence-corrected chi connectivity index (χ1v) is 15.2. The van der Waals surface area contributed by atoms with Crippen LogP contribution in [0.5, 0.6) is 5.75 Å². The first-order chi connectivity index (χ1) is 20.8. The summed E-state index contributed by atoms with van der Waals surface area (Å²) in [6.45, 7) is 0.0917. The van der Waals surface area contributed by atoms with Crippen molar-refractivity contribution in [3.05, 3.63) is 88.2 Å². The number of carboxylic acids is 1. The molecule has 0 aliphatic heterocycles. The van der Waals surface area contributed by atoms with E-state index in [0.717, 1.165) is 36.1 Å². The molecule has 18 heteroatoms. The number of anilines is 1. The third kappa shape index (κ3) is 8.09. The van der Waals surface area contributed by atoms with Gasteiger partial charge in [-0.15, -0.1) is 21.5 Å². The largest absolute Gasteiger partial charge is 0.491 e. The number of nitrogens with zero attached hydrogens (tertiary/aromatic N) is 4. The van der Waals surface area contributed by atoms with Crippen LogP contribution in [0.3, 0.4) is 0 Å². The van der Waals surface area contributed by atoms with Crippen molar-refractivity contribution in [3.63, 3.8) is 0 Å². The van der Waals surface area contributed by atoms with E-state index < -0.39 is 32.9 Å². The zero-order valence-electron chi connectivity index (χ0n) is 22.1. The van der Waals surface area contributed by atoms with Gasteiger partial charge < -0.3 is 14.4 Å². The molecule has 2 aromatic carbocycles.